The predicted molar refractivity (Wildman–Crippen MR) is 112 cm³/mol. The molecular weight excluding hydrogens is 352 g/mol. The quantitative estimate of drug-likeness (QED) is 0.433. The fourth-order valence-corrected chi connectivity index (χ4v) is 3.49. The molecule has 1 heterocycles. The van der Waals surface area contributed by atoms with Crippen molar-refractivity contribution in [1.29, 1.82) is 0 Å². The van der Waals surface area contributed by atoms with E-state index in [4.69, 9.17) is 9.47 Å². The molecule has 0 saturated heterocycles. The molecule has 1 unspecified atom stereocenters. The highest BCUT2D eigenvalue weighted by Crippen LogP contribution is 2.33. The van der Waals surface area contributed by atoms with Crippen LogP contribution in [0.15, 0.2) is 54.7 Å². The Kier molecular flexibility index (Phi) is 6.37. The van der Waals surface area contributed by atoms with Gasteiger partial charge in [-0.05, 0) is 31.0 Å². The predicted octanol–water partition coefficient (Wildman–Crippen LogP) is 4.68. The van der Waals surface area contributed by atoms with E-state index in [1.807, 2.05) is 54.7 Å². The molecule has 1 atom stereocenters. The summed E-state index contributed by atoms with van der Waals surface area (Å²) in [5.74, 6) is 1.97. The number of carbonyl (C=O) groups excluding carboxylic acids is 1. The number of aromatic nitrogens is 1. The van der Waals surface area contributed by atoms with E-state index < -0.39 is 0 Å². The number of carbonyl (C=O) groups is 1. The molecule has 5 nitrogen and oxygen atoms in total. The third kappa shape index (κ3) is 4.20. The number of hydrogen-bond acceptors (Lipinski definition) is 4. The molecule has 0 aliphatic carbocycles. The summed E-state index contributed by atoms with van der Waals surface area (Å²) in [5, 5.41) is 4.49. The Morgan fingerprint density at radius 3 is 2.50 bits per heavy atom. The van der Waals surface area contributed by atoms with Gasteiger partial charge in [-0.1, -0.05) is 44.2 Å². The molecule has 0 amide bonds. The Morgan fingerprint density at radius 1 is 1.11 bits per heavy atom. The van der Waals surface area contributed by atoms with Gasteiger partial charge in [-0.3, -0.25) is 10.1 Å². The van der Waals surface area contributed by atoms with Gasteiger partial charge in [0.1, 0.15) is 18.1 Å². The number of rotatable bonds is 9. The Bertz CT molecular complexity index is 932. The lowest BCUT2D eigenvalue weighted by atomic mass is 10.1. The van der Waals surface area contributed by atoms with Gasteiger partial charge in [-0.15, -0.1) is 0 Å². The van der Waals surface area contributed by atoms with Gasteiger partial charge in [0, 0.05) is 23.7 Å². The average molecular weight is 380 g/mol. The summed E-state index contributed by atoms with van der Waals surface area (Å²) >= 11 is 0. The van der Waals surface area contributed by atoms with Crippen LogP contribution in [0.4, 0.5) is 0 Å². The van der Waals surface area contributed by atoms with Crippen molar-refractivity contribution in [3.8, 4) is 11.5 Å². The van der Waals surface area contributed by atoms with Crippen molar-refractivity contribution in [2.75, 3.05) is 20.3 Å². The third-order valence-electron chi connectivity index (χ3n) is 4.81. The van der Waals surface area contributed by atoms with Crippen LogP contribution in [0, 0.1) is 5.92 Å². The zero-order chi connectivity index (χ0) is 20.1. The Labute approximate surface area is 166 Å². The SMILES string of the molecule is COc1cccc2c(C(C)=O)cn(C(NCCOc3ccccc3)C(C)C)c12. The molecule has 1 N–H and O–H groups in total. The maximum atomic E-state index is 12.2. The number of hydrogen-bond donors (Lipinski definition) is 1. The monoisotopic (exact) mass is 380 g/mol. The van der Waals surface area contributed by atoms with Crippen LogP contribution in [0.2, 0.25) is 0 Å². The number of ether oxygens (including phenoxy) is 2. The van der Waals surface area contributed by atoms with Crippen molar-refractivity contribution in [3.05, 3.63) is 60.3 Å². The maximum absolute atomic E-state index is 12.2. The number of benzene rings is 2. The van der Waals surface area contributed by atoms with Gasteiger partial charge in [0.2, 0.25) is 0 Å². The first-order valence-corrected chi connectivity index (χ1v) is 9.62. The fourth-order valence-electron chi connectivity index (χ4n) is 3.49. The van der Waals surface area contributed by atoms with E-state index in [1.165, 1.54) is 0 Å². The number of para-hydroxylation sites is 2. The zero-order valence-corrected chi connectivity index (χ0v) is 16.9. The van der Waals surface area contributed by atoms with Gasteiger partial charge in [-0.25, -0.2) is 0 Å². The van der Waals surface area contributed by atoms with Gasteiger partial charge in [0.25, 0.3) is 0 Å². The summed E-state index contributed by atoms with van der Waals surface area (Å²) in [6.07, 6.45) is 1.94. The van der Waals surface area contributed by atoms with Crippen LogP contribution in [0.3, 0.4) is 0 Å². The van der Waals surface area contributed by atoms with Gasteiger partial charge in [-0.2, -0.15) is 0 Å². The molecular formula is C23H28N2O3. The minimum Gasteiger partial charge on any atom is -0.495 e. The van der Waals surface area contributed by atoms with Gasteiger partial charge < -0.3 is 14.0 Å². The Hall–Kier alpha value is -2.79. The molecule has 5 heteroatoms. The van der Waals surface area contributed by atoms with Crippen molar-refractivity contribution in [2.24, 2.45) is 5.92 Å². The van der Waals surface area contributed by atoms with E-state index in [0.29, 0.717) is 24.6 Å². The summed E-state index contributed by atoms with van der Waals surface area (Å²) in [7, 11) is 1.66. The van der Waals surface area contributed by atoms with E-state index >= 15 is 0 Å². The highest BCUT2D eigenvalue weighted by molar-refractivity contribution is 6.08. The lowest BCUT2D eigenvalue weighted by Crippen LogP contribution is -2.33. The van der Waals surface area contributed by atoms with Crippen molar-refractivity contribution < 1.29 is 14.3 Å². The summed E-state index contributed by atoms with van der Waals surface area (Å²) in [6.45, 7) is 7.16. The second-order valence-corrected chi connectivity index (χ2v) is 7.17. The molecule has 0 spiro atoms. The first kappa shape index (κ1) is 20.0. The number of ketones is 1. The second-order valence-electron chi connectivity index (χ2n) is 7.17. The molecule has 3 rings (SSSR count). The van der Waals surface area contributed by atoms with Crippen molar-refractivity contribution in [3.63, 3.8) is 0 Å². The van der Waals surface area contributed by atoms with E-state index in [2.05, 4.69) is 23.7 Å². The summed E-state index contributed by atoms with van der Waals surface area (Å²) in [5.41, 5.74) is 1.65. The van der Waals surface area contributed by atoms with Crippen molar-refractivity contribution >= 4 is 16.7 Å². The lowest BCUT2D eigenvalue weighted by Gasteiger charge is -2.26. The van der Waals surface area contributed by atoms with Gasteiger partial charge >= 0.3 is 0 Å². The van der Waals surface area contributed by atoms with E-state index in [0.717, 1.165) is 22.4 Å². The van der Waals surface area contributed by atoms with Gasteiger partial charge in [0.05, 0.1) is 18.8 Å². The number of nitrogens with zero attached hydrogens (tertiary/aromatic N) is 1. The smallest absolute Gasteiger partial charge is 0.161 e. The van der Waals surface area contributed by atoms with Crippen LogP contribution < -0.4 is 14.8 Å². The minimum absolute atomic E-state index is 0.00581. The van der Waals surface area contributed by atoms with Crippen LogP contribution in [0.25, 0.3) is 10.9 Å². The maximum Gasteiger partial charge on any atom is 0.161 e. The van der Waals surface area contributed by atoms with Crippen LogP contribution in [-0.2, 0) is 0 Å². The highest BCUT2D eigenvalue weighted by atomic mass is 16.5. The second kappa shape index (κ2) is 8.93. The molecule has 0 bridgehead atoms. The summed E-state index contributed by atoms with van der Waals surface area (Å²) in [4.78, 5) is 12.2. The number of fused-ring (bicyclic) bond motifs is 1. The Morgan fingerprint density at radius 2 is 1.86 bits per heavy atom. The van der Waals surface area contributed by atoms with Crippen molar-refractivity contribution in [1.82, 2.24) is 9.88 Å². The first-order chi connectivity index (χ1) is 13.5. The summed E-state index contributed by atoms with van der Waals surface area (Å²) in [6, 6.07) is 15.6. The van der Waals surface area contributed by atoms with Crippen molar-refractivity contribution in [2.45, 2.75) is 26.9 Å². The van der Waals surface area contributed by atoms with Crippen LogP contribution in [-0.4, -0.2) is 30.6 Å². The highest BCUT2D eigenvalue weighted by Gasteiger charge is 2.22. The molecule has 0 fully saturated rings. The molecule has 0 radical (unpaired) electrons. The zero-order valence-electron chi connectivity index (χ0n) is 16.9. The fraction of sp³-hybridized carbons (Fsp3) is 0.348. The number of Topliss-reactive ketones (excluding diaryl/α,β-unsaturated/α-hetero) is 1. The first-order valence-electron chi connectivity index (χ1n) is 9.62. The third-order valence-corrected chi connectivity index (χ3v) is 4.81. The molecule has 2 aromatic carbocycles. The molecule has 28 heavy (non-hydrogen) atoms. The van der Waals surface area contributed by atoms with Crippen LogP contribution in [0.5, 0.6) is 11.5 Å². The Balaban J connectivity index is 1.85. The summed E-state index contributed by atoms with van der Waals surface area (Å²) < 4.78 is 13.5. The van der Waals surface area contributed by atoms with Crippen LogP contribution >= 0.6 is 0 Å². The lowest BCUT2D eigenvalue weighted by molar-refractivity contribution is 0.101. The van der Waals surface area contributed by atoms with E-state index in [-0.39, 0.29) is 11.9 Å². The molecule has 3 aromatic rings. The van der Waals surface area contributed by atoms with Crippen LogP contribution in [0.1, 0.15) is 37.3 Å². The normalized spacial score (nSPS) is 12.3. The minimum atomic E-state index is 0.00581. The molecule has 0 saturated carbocycles. The van der Waals surface area contributed by atoms with Gasteiger partial charge in [0.15, 0.2) is 5.78 Å². The average Bonchev–Trinajstić information content (AvgIpc) is 3.08. The molecule has 0 aliphatic rings. The number of methoxy groups -OCH3 is 1. The molecule has 0 aliphatic heterocycles. The number of nitrogens with one attached hydrogen (secondary N) is 1. The molecule has 1 aromatic heterocycles. The standard InChI is InChI=1S/C23H28N2O3/c1-16(2)23(24-13-14-28-18-9-6-5-7-10-18)25-15-20(17(3)26)19-11-8-12-21(27-4)22(19)25/h5-12,15-16,23-24H,13-14H2,1-4H3. The van der Waals surface area contributed by atoms with E-state index in [9.17, 15) is 4.79 Å². The van der Waals surface area contributed by atoms with E-state index in [1.54, 1.807) is 14.0 Å². The topological polar surface area (TPSA) is 52.5 Å². The molecule has 148 valence electrons. The largest absolute Gasteiger partial charge is 0.495 e.